The average Bonchev–Trinajstić information content (AvgIpc) is 3.03. The summed E-state index contributed by atoms with van der Waals surface area (Å²) < 4.78 is 2.19. The highest BCUT2D eigenvalue weighted by molar-refractivity contribution is 5.85. The monoisotopic (exact) mass is 312 g/mol. The van der Waals surface area contributed by atoms with Gasteiger partial charge in [0.1, 0.15) is 11.6 Å². The van der Waals surface area contributed by atoms with Gasteiger partial charge < -0.3 is 0 Å². The number of aryl methyl sites for hydroxylation is 1. The third-order valence-corrected chi connectivity index (χ3v) is 4.89. The summed E-state index contributed by atoms with van der Waals surface area (Å²) in [6, 6.07) is 16.9. The first-order valence-corrected chi connectivity index (χ1v) is 8.16. The quantitative estimate of drug-likeness (QED) is 0.537. The second-order valence-corrected chi connectivity index (χ2v) is 6.28. The van der Waals surface area contributed by atoms with Gasteiger partial charge in [-0.05, 0) is 35.9 Å². The average molecular weight is 312 g/mol. The zero-order valence-electron chi connectivity index (χ0n) is 13.3. The van der Waals surface area contributed by atoms with Crippen molar-refractivity contribution in [2.45, 2.75) is 19.3 Å². The van der Waals surface area contributed by atoms with Crippen molar-refractivity contribution in [3.05, 3.63) is 83.7 Å². The van der Waals surface area contributed by atoms with E-state index in [0.29, 0.717) is 0 Å². The van der Waals surface area contributed by atoms with Crippen molar-refractivity contribution in [2.75, 3.05) is 0 Å². The number of pyridine rings is 1. The summed E-state index contributed by atoms with van der Waals surface area (Å²) in [5.74, 6) is 2.10. The molecule has 4 nitrogen and oxygen atoms in total. The SMILES string of the molecule is Cc1nnc2n1-c1ccccc1CC2c1cncc2ccccc12. The molecule has 0 saturated carbocycles. The van der Waals surface area contributed by atoms with Crippen molar-refractivity contribution < 1.29 is 0 Å². The summed E-state index contributed by atoms with van der Waals surface area (Å²) in [6.45, 7) is 2.01. The summed E-state index contributed by atoms with van der Waals surface area (Å²) in [4.78, 5) is 4.47. The fourth-order valence-corrected chi connectivity index (χ4v) is 3.78. The number of fused-ring (bicyclic) bond motifs is 4. The van der Waals surface area contributed by atoms with Gasteiger partial charge in [-0.25, -0.2) is 0 Å². The molecule has 1 aliphatic rings. The minimum Gasteiger partial charge on any atom is -0.282 e. The lowest BCUT2D eigenvalue weighted by atomic mass is 9.86. The molecule has 0 aliphatic carbocycles. The van der Waals surface area contributed by atoms with E-state index in [1.165, 1.54) is 22.2 Å². The van der Waals surface area contributed by atoms with Crippen LogP contribution in [0.1, 0.15) is 28.7 Å². The van der Waals surface area contributed by atoms with E-state index in [1.54, 1.807) is 0 Å². The second kappa shape index (κ2) is 4.99. The van der Waals surface area contributed by atoms with E-state index >= 15 is 0 Å². The van der Waals surface area contributed by atoms with E-state index < -0.39 is 0 Å². The molecular weight excluding hydrogens is 296 g/mol. The number of nitrogens with zero attached hydrogens (tertiary/aromatic N) is 4. The molecule has 2 aromatic carbocycles. The van der Waals surface area contributed by atoms with Gasteiger partial charge in [-0.15, -0.1) is 10.2 Å². The fourth-order valence-electron chi connectivity index (χ4n) is 3.78. The Balaban J connectivity index is 1.78. The normalized spacial score (nSPS) is 16.0. The van der Waals surface area contributed by atoms with Gasteiger partial charge in [0, 0.05) is 17.8 Å². The molecule has 0 spiro atoms. The Bertz CT molecular complexity index is 1060. The highest BCUT2D eigenvalue weighted by atomic mass is 15.3. The van der Waals surface area contributed by atoms with Crippen LogP contribution >= 0.6 is 0 Å². The van der Waals surface area contributed by atoms with E-state index in [1.807, 2.05) is 19.3 Å². The molecule has 0 amide bonds. The van der Waals surface area contributed by atoms with Crippen molar-refractivity contribution in [3.8, 4) is 5.69 Å². The summed E-state index contributed by atoms with van der Waals surface area (Å²) in [7, 11) is 0. The molecule has 0 radical (unpaired) electrons. The topological polar surface area (TPSA) is 43.6 Å². The largest absolute Gasteiger partial charge is 0.282 e. The Morgan fingerprint density at radius 3 is 2.75 bits per heavy atom. The first kappa shape index (κ1) is 13.4. The van der Waals surface area contributed by atoms with Crippen LogP contribution in [0.25, 0.3) is 16.5 Å². The minimum absolute atomic E-state index is 0.166. The third-order valence-electron chi connectivity index (χ3n) is 4.89. The van der Waals surface area contributed by atoms with E-state index in [9.17, 15) is 0 Å². The standard InChI is InChI=1S/C20H16N4/c1-13-22-23-20-17(10-14-6-3-5-9-19(14)24(13)20)18-12-21-11-15-7-2-4-8-16(15)18/h2-9,11-12,17H,10H2,1H3. The molecule has 1 aliphatic heterocycles. The molecule has 116 valence electrons. The van der Waals surface area contributed by atoms with Crippen molar-refractivity contribution in [2.24, 2.45) is 0 Å². The van der Waals surface area contributed by atoms with Gasteiger partial charge >= 0.3 is 0 Å². The highest BCUT2D eigenvalue weighted by Crippen LogP contribution is 2.38. The number of benzene rings is 2. The summed E-state index contributed by atoms with van der Waals surface area (Å²) >= 11 is 0. The van der Waals surface area contributed by atoms with Crippen LogP contribution in [0.15, 0.2) is 60.9 Å². The van der Waals surface area contributed by atoms with Crippen LogP contribution in [0.4, 0.5) is 0 Å². The van der Waals surface area contributed by atoms with E-state index in [2.05, 4.69) is 68.3 Å². The maximum absolute atomic E-state index is 4.50. The van der Waals surface area contributed by atoms with Gasteiger partial charge in [0.05, 0.1) is 11.6 Å². The van der Waals surface area contributed by atoms with Gasteiger partial charge in [-0.3, -0.25) is 9.55 Å². The predicted molar refractivity (Wildman–Crippen MR) is 93.4 cm³/mol. The molecule has 3 heterocycles. The molecule has 0 saturated heterocycles. The Kier molecular flexibility index (Phi) is 2.80. The molecular formula is C20H16N4. The number of hydrogen-bond acceptors (Lipinski definition) is 3. The third kappa shape index (κ3) is 1.83. The molecule has 0 bridgehead atoms. The lowest BCUT2D eigenvalue weighted by molar-refractivity contribution is 0.678. The first-order valence-electron chi connectivity index (χ1n) is 8.16. The van der Waals surface area contributed by atoms with Gasteiger partial charge in [0.15, 0.2) is 0 Å². The maximum atomic E-state index is 4.50. The van der Waals surface area contributed by atoms with Crippen LogP contribution in [0, 0.1) is 6.92 Å². The van der Waals surface area contributed by atoms with Crippen molar-refractivity contribution in [1.29, 1.82) is 0 Å². The van der Waals surface area contributed by atoms with Crippen LogP contribution in [0.3, 0.4) is 0 Å². The van der Waals surface area contributed by atoms with Gasteiger partial charge in [-0.2, -0.15) is 0 Å². The van der Waals surface area contributed by atoms with Gasteiger partial charge in [0.25, 0.3) is 0 Å². The Morgan fingerprint density at radius 2 is 1.79 bits per heavy atom. The predicted octanol–water partition coefficient (Wildman–Crippen LogP) is 3.81. The number of aromatic nitrogens is 4. The van der Waals surface area contributed by atoms with E-state index in [0.717, 1.165) is 23.5 Å². The molecule has 24 heavy (non-hydrogen) atoms. The summed E-state index contributed by atoms with van der Waals surface area (Å²) in [6.07, 6.45) is 4.82. The zero-order valence-corrected chi connectivity index (χ0v) is 13.3. The van der Waals surface area contributed by atoms with Crippen LogP contribution in [0.2, 0.25) is 0 Å². The second-order valence-electron chi connectivity index (χ2n) is 6.28. The molecule has 4 heteroatoms. The number of rotatable bonds is 1. The zero-order chi connectivity index (χ0) is 16.1. The Morgan fingerprint density at radius 1 is 0.958 bits per heavy atom. The minimum atomic E-state index is 0.166. The van der Waals surface area contributed by atoms with E-state index in [-0.39, 0.29) is 5.92 Å². The van der Waals surface area contributed by atoms with Gasteiger partial charge in [-0.1, -0.05) is 42.5 Å². The molecule has 2 aromatic heterocycles. The van der Waals surface area contributed by atoms with Crippen LogP contribution in [-0.2, 0) is 6.42 Å². The number of hydrogen-bond donors (Lipinski definition) is 0. The number of para-hydroxylation sites is 1. The highest BCUT2D eigenvalue weighted by Gasteiger charge is 2.30. The maximum Gasteiger partial charge on any atom is 0.145 e. The van der Waals surface area contributed by atoms with Crippen molar-refractivity contribution in [1.82, 2.24) is 19.7 Å². The molecule has 1 atom stereocenters. The molecule has 4 aromatic rings. The van der Waals surface area contributed by atoms with Gasteiger partial charge in [0.2, 0.25) is 0 Å². The van der Waals surface area contributed by atoms with Crippen LogP contribution < -0.4 is 0 Å². The first-order chi connectivity index (χ1) is 11.8. The van der Waals surface area contributed by atoms with Crippen molar-refractivity contribution in [3.63, 3.8) is 0 Å². The van der Waals surface area contributed by atoms with Crippen LogP contribution in [-0.4, -0.2) is 19.7 Å². The molecule has 0 N–H and O–H groups in total. The summed E-state index contributed by atoms with van der Waals surface area (Å²) in [5, 5.41) is 11.3. The fraction of sp³-hybridized carbons (Fsp3) is 0.150. The van der Waals surface area contributed by atoms with Crippen LogP contribution in [0.5, 0.6) is 0 Å². The summed E-state index contributed by atoms with van der Waals surface area (Å²) in [5.41, 5.74) is 3.74. The molecule has 1 unspecified atom stereocenters. The van der Waals surface area contributed by atoms with Crippen molar-refractivity contribution >= 4 is 10.8 Å². The Hall–Kier alpha value is -3.01. The smallest absolute Gasteiger partial charge is 0.145 e. The Labute approximate surface area is 139 Å². The molecule has 0 fully saturated rings. The molecule has 5 rings (SSSR count). The van der Waals surface area contributed by atoms with E-state index in [4.69, 9.17) is 0 Å². The lowest BCUT2D eigenvalue weighted by Crippen LogP contribution is -2.20. The lowest BCUT2D eigenvalue weighted by Gasteiger charge is -2.26.